The lowest BCUT2D eigenvalue weighted by Crippen LogP contribution is -2.29. The van der Waals surface area contributed by atoms with Crippen molar-refractivity contribution in [1.29, 1.82) is 0 Å². The fraction of sp³-hybridized carbons (Fsp3) is 0.357. The number of aromatic nitrogens is 3. The second kappa shape index (κ2) is 6.01. The van der Waals surface area contributed by atoms with Gasteiger partial charge in [0.25, 0.3) is 0 Å². The van der Waals surface area contributed by atoms with Crippen molar-refractivity contribution in [3.05, 3.63) is 47.5 Å². The van der Waals surface area contributed by atoms with Crippen LogP contribution >= 0.6 is 0 Å². The molecular weight excluding hydrogens is 273 g/mol. The summed E-state index contributed by atoms with van der Waals surface area (Å²) in [6, 6.07) is 5.96. The molecule has 0 radical (unpaired) electrons. The Balaban J connectivity index is 1.87. The first kappa shape index (κ1) is 15.1. The van der Waals surface area contributed by atoms with Crippen molar-refractivity contribution in [2.24, 2.45) is 5.73 Å². The van der Waals surface area contributed by atoms with Crippen LogP contribution in [-0.2, 0) is 23.4 Å². The lowest BCUT2D eigenvalue weighted by Gasteiger charge is -2.13. The first-order chi connectivity index (χ1) is 9.84. The maximum Gasteiger partial charge on any atom is 0.242 e. The van der Waals surface area contributed by atoms with Crippen LogP contribution in [-0.4, -0.2) is 20.9 Å². The molecule has 0 fully saturated rings. The number of carbonyl (C=O) groups is 1. The summed E-state index contributed by atoms with van der Waals surface area (Å²) in [5.41, 5.74) is 6.75. The molecule has 7 heteroatoms. The molecule has 0 bridgehead atoms. The molecule has 1 heterocycles. The number of halogens is 1. The van der Waals surface area contributed by atoms with Gasteiger partial charge in [0, 0.05) is 6.54 Å². The van der Waals surface area contributed by atoms with Crippen LogP contribution in [0, 0.1) is 5.82 Å². The lowest BCUT2D eigenvalue weighted by atomic mass is 10.0. The smallest absolute Gasteiger partial charge is 0.242 e. The van der Waals surface area contributed by atoms with Gasteiger partial charge in [-0.1, -0.05) is 17.3 Å². The summed E-state index contributed by atoms with van der Waals surface area (Å²) < 4.78 is 14.2. The largest absolute Gasteiger partial charge is 0.350 e. The Bertz CT molecular complexity index is 615. The van der Waals surface area contributed by atoms with Gasteiger partial charge in [-0.2, -0.15) is 0 Å². The molecule has 0 saturated carbocycles. The van der Waals surface area contributed by atoms with Gasteiger partial charge in [-0.05, 0) is 31.5 Å². The Morgan fingerprint density at radius 3 is 2.62 bits per heavy atom. The van der Waals surface area contributed by atoms with E-state index < -0.39 is 5.54 Å². The molecule has 0 atom stereocenters. The summed E-state index contributed by atoms with van der Waals surface area (Å²) in [5, 5.41) is 10.5. The number of nitrogens with one attached hydrogen (secondary N) is 1. The summed E-state index contributed by atoms with van der Waals surface area (Å²) in [4.78, 5) is 11.8. The molecular formula is C14H18FN5O. The van der Waals surface area contributed by atoms with Crippen molar-refractivity contribution in [3.8, 4) is 0 Å². The molecule has 0 saturated heterocycles. The Hall–Kier alpha value is -2.28. The van der Waals surface area contributed by atoms with Gasteiger partial charge >= 0.3 is 0 Å². The van der Waals surface area contributed by atoms with E-state index in [-0.39, 0.29) is 18.3 Å². The number of hydrogen-bond acceptors (Lipinski definition) is 4. The van der Waals surface area contributed by atoms with Crippen LogP contribution in [0.2, 0.25) is 0 Å². The number of amides is 1. The third kappa shape index (κ3) is 4.35. The van der Waals surface area contributed by atoms with Crippen LogP contribution in [0.4, 0.5) is 4.39 Å². The second-order valence-corrected chi connectivity index (χ2v) is 5.43. The Morgan fingerprint density at radius 1 is 1.38 bits per heavy atom. The second-order valence-electron chi connectivity index (χ2n) is 5.43. The van der Waals surface area contributed by atoms with Crippen LogP contribution in [0.1, 0.15) is 25.1 Å². The van der Waals surface area contributed by atoms with Crippen LogP contribution in [0.15, 0.2) is 30.5 Å². The minimum absolute atomic E-state index is 0.0598. The Labute approximate surface area is 122 Å². The number of benzene rings is 1. The van der Waals surface area contributed by atoms with Crippen molar-refractivity contribution >= 4 is 5.91 Å². The van der Waals surface area contributed by atoms with Gasteiger partial charge in [0.05, 0.1) is 11.7 Å². The van der Waals surface area contributed by atoms with E-state index in [4.69, 9.17) is 5.73 Å². The van der Waals surface area contributed by atoms with E-state index in [1.807, 2.05) is 13.8 Å². The number of nitrogens with two attached hydrogens (primary N) is 1. The highest BCUT2D eigenvalue weighted by atomic mass is 19.1. The third-order valence-corrected chi connectivity index (χ3v) is 2.91. The third-order valence-electron chi connectivity index (χ3n) is 2.91. The van der Waals surface area contributed by atoms with Crippen LogP contribution in [0.25, 0.3) is 0 Å². The van der Waals surface area contributed by atoms with E-state index in [1.165, 1.54) is 16.8 Å². The molecule has 0 aliphatic rings. The zero-order chi connectivity index (χ0) is 15.5. The maximum absolute atomic E-state index is 12.8. The molecule has 1 amide bonds. The van der Waals surface area contributed by atoms with Crippen molar-refractivity contribution in [3.63, 3.8) is 0 Å². The highest BCUT2D eigenvalue weighted by molar-refractivity contribution is 5.75. The van der Waals surface area contributed by atoms with Crippen molar-refractivity contribution in [1.82, 2.24) is 20.3 Å². The molecule has 112 valence electrons. The molecule has 0 aliphatic heterocycles. The molecule has 0 unspecified atom stereocenters. The van der Waals surface area contributed by atoms with Gasteiger partial charge in [0.2, 0.25) is 5.91 Å². The molecule has 21 heavy (non-hydrogen) atoms. The topological polar surface area (TPSA) is 85.8 Å². The van der Waals surface area contributed by atoms with Gasteiger partial charge < -0.3 is 11.1 Å². The van der Waals surface area contributed by atoms with Crippen LogP contribution in [0.3, 0.4) is 0 Å². The SMILES string of the molecule is CC(C)(N)c1cn(CC(=O)NCc2ccc(F)cc2)nn1. The predicted molar refractivity (Wildman–Crippen MR) is 75.5 cm³/mol. The summed E-state index contributed by atoms with van der Waals surface area (Å²) in [7, 11) is 0. The standard InChI is InChI=1S/C14H18FN5O/c1-14(2,16)12-8-20(19-18-12)9-13(21)17-7-10-3-5-11(15)6-4-10/h3-6,8H,7,9,16H2,1-2H3,(H,17,21). The van der Waals surface area contributed by atoms with Gasteiger partial charge in [-0.15, -0.1) is 5.10 Å². The molecule has 1 aromatic heterocycles. The number of nitrogens with zero attached hydrogens (tertiary/aromatic N) is 3. The molecule has 2 aromatic rings. The number of rotatable bonds is 5. The van der Waals surface area contributed by atoms with E-state index in [0.717, 1.165) is 5.56 Å². The zero-order valence-electron chi connectivity index (χ0n) is 12.0. The van der Waals surface area contributed by atoms with Crippen molar-refractivity contribution in [2.45, 2.75) is 32.5 Å². The monoisotopic (exact) mass is 291 g/mol. The fourth-order valence-electron chi connectivity index (χ4n) is 1.68. The normalized spacial score (nSPS) is 11.4. The summed E-state index contributed by atoms with van der Waals surface area (Å²) in [5.74, 6) is -0.504. The lowest BCUT2D eigenvalue weighted by molar-refractivity contribution is -0.122. The van der Waals surface area contributed by atoms with Gasteiger partial charge in [0.1, 0.15) is 18.1 Å². The van der Waals surface area contributed by atoms with Crippen molar-refractivity contribution < 1.29 is 9.18 Å². The van der Waals surface area contributed by atoms with E-state index in [2.05, 4.69) is 15.6 Å². The quantitative estimate of drug-likeness (QED) is 0.858. The van der Waals surface area contributed by atoms with E-state index in [0.29, 0.717) is 12.2 Å². The molecule has 2 rings (SSSR count). The number of carbonyl (C=O) groups excluding carboxylic acids is 1. The van der Waals surface area contributed by atoms with Gasteiger partial charge in [-0.3, -0.25) is 4.79 Å². The maximum atomic E-state index is 12.8. The van der Waals surface area contributed by atoms with E-state index >= 15 is 0 Å². The first-order valence-electron chi connectivity index (χ1n) is 6.55. The first-order valence-corrected chi connectivity index (χ1v) is 6.55. The van der Waals surface area contributed by atoms with Crippen LogP contribution < -0.4 is 11.1 Å². The Kier molecular flexibility index (Phi) is 4.32. The summed E-state index contributed by atoms with van der Waals surface area (Å²) in [6.45, 7) is 4.03. The Morgan fingerprint density at radius 2 is 2.05 bits per heavy atom. The molecule has 0 spiro atoms. The van der Waals surface area contributed by atoms with E-state index in [9.17, 15) is 9.18 Å². The molecule has 6 nitrogen and oxygen atoms in total. The highest BCUT2D eigenvalue weighted by Gasteiger charge is 2.18. The summed E-state index contributed by atoms with van der Waals surface area (Å²) in [6.07, 6.45) is 1.65. The minimum Gasteiger partial charge on any atom is -0.350 e. The average molecular weight is 291 g/mol. The predicted octanol–water partition coefficient (Wildman–Crippen LogP) is 0.927. The molecule has 3 N–H and O–H groups in total. The van der Waals surface area contributed by atoms with Crippen molar-refractivity contribution in [2.75, 3.05) is 0 Å². The van der Waals surface area contributed by atoms with Gasteiger partial charge in [0.15, 0.2) is 0 Å². The van der Waals surface area contributed by atoms with E-state index in [1.54, 1.807) is 18.3 Å². The molecule has 1 aromatic carbocycles. The zero-order valence-corrected chi connectivity index (χ0v) is 12.0. The number of hydrogen-bond donors (Lipinski definition) is 2. The van der Waals surface area contributed by atoms with Crippen LogP contribution in [0.5, 0.6) is 0 Å². The summed E-state index contributed by atoms with van der Waals surface area (Å²) >= 11 is 0. The fourth-order valence-corrected chi connectivity index (χ4v) is 1.68. The molecule has 0 aliphatic carbocycles. The minimum atomic E-state index is -0.594. The van der Waals surface area contributed by atoms with Gasteiger partial charge in [-0.25, -0.2) is 9.07 Å². The highest BCUT2D eigenvalue weighted by Crippen LogP contribution is 2.12. The average Bonchev–Trinajstić information content (AvgIpc) is 2.86.